The van der Waals surface area contributed by atoms with E-state index in [1.54, 1.807) is 6.20 Å². The number of hydrogen-bond donors (Lipinski definition) is 1. The van der Waals surface area contributed by atoms with Gasteiger partial charge in [0.05, 0.1) is 12.7 Å². The molecule has 1 saturated carbocycles. The van der Waals surface area contributed by atoms with E-state index in [0.29, 0.717) is 11.6 Å². The summed E-state index contributed by atoms with van der Waals surface area (Å²) in [5.41, 5.74) is 6.00. The molecule has 1 heterocycles. The molecule has 4 heteroatoms. The van der Waals surface area contributed by atoms with Crippen molar-refractivity contribution in [3.8, 4) is 0 Å². The van der Waals surface area contributed by atoms with Gasteiger partial charge in [-0.05, 0) is 19.8 Å². The van der Waals surface area contributed by atoms with Gasteiger partial charge in [-0.2, -0.15) is 0 Å². The van der Waals surface area contributed by atoms with E-state index in [-0.39, 0.29) is 12.3 Å². The van der Waals surface area contributed by atoms with Crippen molar-refractivity contribution in [2.45, 2.75) is 32.2 Å². The van der Waals surface area contributed by atoms with E-state index >= 15 is 0 Å². The van der Waals surface area contributed by atoms with Crippen molar-refractivity contribution in [1.82, 2.24) is 9.55 Å². The standard InChI is InChI=1S/C10H15N3O/c1-2-13-8(9(14)5-11)6-12-10(13)7-3-4-7/h6-7H,2-5,11H2,1H3. The van der Waals surface area contributed by atoms with Gasteiger partial charge in [0.15, 0.2) is 5.78 Å². The number of aromatic nitrogens is 2. The van der Waals surface area contributed by atoms with Crippen molar-refractivity contribution in [2.24, 2.45) is 5.73 Å². The third-order valence-corrected chi connectivity index (χ3v) is 2.62. The van der Waals surface area contributed by atoms with Crippen LogP contribution in [0.5, 0.6) is 0 Å². The molecule has 0 radical (unpaired) electrons. The second-order valence-corrected chi connectivity index (χ2v) is 3.65. The van der Waals surface area contributed by atoms with E-state index in [2.05, 4.69) is 4.98 Å². The first kappa shape index (κ1) is 9.40. The van der Waals surface area contributed by atoms with Crippen LogP contribution in [0.1, 0.15) is 42.0 Å². The molecule has 0 aromatic carbocycles. The fraction of sp³-hybridized carbons (Fsp3) is 0.600. The van der Waals surface area contributed by atoms with Crippen LogP contribution in [0.3, 0.4) is 0 Å². The lowest BCUT2D eigenvalue weighted by molar-refractivity contribution is 0.0992. The van der Waals surface area contributed by atoms with Gasteiger partial charge >= 0.3 is 0 Å². The summed E-state index contributed by atoms with van der Waals surface area (Å²) in [6.45, 7) is 2.89. The molecule has 14 heavy (non-hydrogen) atoms. The first-order chi connectivity index (χ1) is 6.77. The Morgan fingerprint density at radius 1 is 1.71 bits per heavy atom. The number of carbonyl (C=O) groups is 1. The molecule has 1 aromatic rings. The monoisotopic (exact) mass is 193 g/mol. The molecule has 0 aliphatic heterocycles. The lowest BCUT2D eigenvalue weighted by atomic mass is 10.3. The molecule has 76 valence electrons. The molecule has 0 amide bonds. The minimum atomic E-state index is -0.0220. The number of nitrogens with two attached hydrogens (primary N) is 1. The van der Waals surface area contributed by atoms with Crippen LogP contribution in [0.15, 0.2) is 6.20 Å². The summed E-state index contributed by atoms with van der Waals surface area (Å²) < 4.78 is 1.99. The third-order valence-electron chi connectivity index (χ3n) is 2.62. The molecule has 4 nitrogen and oxygen atoms in total. The predicted octanol–water partition coefficient (Wildman–Crippen LogP) is 0.922. The molecule has 0 saturated heterocycles. The number of hydrogen-bond acceptors (Lipinski definition) is 3. The van der Waals surface area contributed by atoms with E-state index in [9.17, 15) is 4.79 Å². The first-order valence-corrected chi connectivity index (χ1v) is 5.06. The Morgan fingerprint density at radius 3 is 2.93 bits per heavy atom. The van der Waals surface area contributed by atoms with Crippen LogP contribution in [-0.4, -0.2) is 21.9 Å². The molecular weight excluding hydrogens is 178 g/mol. The number of imidazole rings is 1. The highest BCUT2D eigenvalue weighted by Crippen LogP contribution is 2.39. The summed E-state index contributed by atoms with van der Waals surface area (Å²) in [6.07, 6.45) is 4.06. The zero-order valence-electron chi connectivity index (χ0n) is 8.36. The smallest absolute Gasteiger partial charge is 0.194 e. The molecule has 1 aliphatic rings. The summed E-state index contributed by atoms with van der Waals surface area (Å²) in [7, 11) is 0. The van der Waals surface area contributed by atoms with Crippen LogP contribution < -0.4 is 5.73 Å². The minimum Gasteiger partial charge on any atom is -0.326 e. The van der Waals surface area contributed by atoms with Crippen LogP contribution >= 0.6 is 0 Å². The molecule has 0 bridgehead atoms. The van der Waals surface area contributed by atoms with E-state index in [4.69, 9.17) is 5.73 Å². The Labute approximate surface area is 83.1 Å². The molecule has 0 spiro atoms. The minimum absolute atomic E-state index is 0.0220. The Kier molecular flexibility index (Phi) is 2.37. The predicted molar refractivity (Wildman–Crippen MR) is 53.3 cm³/mol. The second kappa shape index (κ2) is 3.53. The molecule has 2 rings (SSSR count). The summed E-state index contributed by atoms with van der Waals surface area (Å²) >= 11 is 0. The van der Waals surface area contributed by atoms with Crippen LogP contribution in [-0.2, 0) is 6.54 Å². The van der Waals surface area contributed by atoms with Gasteiger partial charge in [0.25, 0.3) is 0 Å². The van der Waals surface area contributed by atoms with Crippen molar-refractivity contribution in [1.29, 1.82) is 0 Å². The zero-order valence-corrected chi connectivity index (χ0v) is 8.36. The lowest BCUT2D eigenvalue weighted by Gasteiger charge is -2.06. The summed E-state index contributed by atoms with van der Waals surface area (Å²) in [6, 6.07) is 0. The van der Waals surface area contributed by atoms with E-state index in [0.717, 1.165) is 12.4 Å². The number of rotatable bonds is 4. The number of Topliss-reactive ketones (excluding diaryl/α,β-unsaturated/α-hetero) is 1. The molecule has 1 aromatic heterocycles. The molecular formula is C10H15N3O. The van der Waals surface area contributed by atoms with Crippen molar-refractivity contribution in [3.05, 3.63) is 17.7 Å². The average Bonchev–Trinajstić information content (AvgIpc) is 2.96. The first-order valence-electron chi connectivity index (χ1n) is 5.06. The van der Waals surface area contributed by atoms with E-state index in [1.807, 2.05) is 11.5 Å². The van der Waals surface area contributed by atoms with E-state index < -0.39 is 0 Å². The Balaban J connectivity index is 2.35. The highest BCUT2D eigenvalue weighted by Gasteiger charge is 2.29. The van der Waals surface area contributed by atoms with Gasteiger partial charge in [-0.3, -0.25) is 4.79 Å². The van der Waals surface area contributed by atoms with Crippen molar-refractivity contribution >= 4 is 5.78 Å². The number of ketones is 1. The highest BCUT2D eigenvalue weighted by atomic mass is 16.1. The highest BCUT2D eigenvalue weighted by molar-refractivity contribution is 5.95. The second-order valence-electron chi connectivity index (χ2n) is 3.65. The number of carbonyl (C=O) groups excluding carboxylic acids is 1. The quantitative estimate of drug-likeness (QED) is 0.723. The van der Waals surface area contributed by atoms with Crippen LogP contribution in [0.4, 0.5) is 0 Å². The van der Waals surface area contributed by atoms with Gasteiger partial charge in [0.1, 0.15) is 11.5 Å². The maximum Gasteiger partial charge on any atom is 0.194 e. The maximum absolute atomic E-state index is 11.5. The van der Waals surface area contributed by atoms with Gasteiger partial charge < -0.3 is 10.3 Å². The van der Waals surface area contributed by atoms with Gasteiger partial charge in [0, 0.05) is 12.5 Å². The Bertz CT molecular complexity index is 352. The topological polar surface area (TPSA) is 60.9 Å². The van der Waals surface area contributed by atoms with Gasteiger partial charge in [-0.15, -0.1) is 0 Å². The van der Waals surface area contributed by atoms with Crippen LogP contribution in [0, 0.1) is 0 Å². The van der Waals surface area contributed by atoms with E-state index in [1.165, 1.54) is 12.8 Å². The largest absolute Gasteiger partial charge is 0.326 e. The van der Waals surface area contributed by atoms with Crippen LogP contribution in [0.25, 0.3) is 0 Å². The fourth-order valence-electron chi connectivity index (χ4n) is 1.72. The fourth-order valence-corrected chi connectivity index (χ4v) is 1.72. The van der Waals surface area contributed by atoms with Crippen molar-refractivity contribution < 1.29 is 4.79 Å². The average molecular weight is 193 g/mol. The Morgan fingerprint density at radius 2 is 2.43 bits per heavy atom. The molecule has 0 atom stereocenters. The van der Waals surface area contributed by atoms with Gasteiger partial charge in [-0.1, -0.05) is 0 Å². The Hall–Kier alpha value is -1.16. The lowest BCUT2D eigenvalue weighted by Crippen LogP contribution is -2.18. The molecule has 0 unspecified atom stereocenters. The molecule has 2 N–H and O–H groups in total. The molecule has 1 fully saturated rings. The van der Waals surface area contributed by atoms with Crippen molar-refractivity contribution in [2.75, 3.05) is 6.54 Å². The van der Waals surface area contributed by atoms with Gasteiger partial charge in [0.2, 0.25) is 0 Å². The number of nitrogens with zero attached hydrogens (tertiary/aromatic N) is 2. The zero-order chi connectivity index (χ0) is 10.1. The normalized spacial score (nSPS) is 15.9. The third kappa shape index (κ3) is 1.46. The summed E-state index contributed by atoms with van der Waals surface area (Å²) in [5, 5.41) is 0. The SMILES string of the molecule is CCn1c(C(=O)CN)cnc1C1CC1. The van der Waals surface area contributed by atoms with Crippen molar-refractivity contribution in [3.63, 3.8) is 0 Å². The van der Waals surface area contributed by atoms with Crippen LogP contribution in [0.2, 0.25) is 0 Å². The molecule has 1 aliphatic carbocycles. The summed E-state index contributed by atoms with van der Waals surface area (Å²) in [5.74, 6) is 1.62. The summed E-state index contributed by atoms with van der Waals surface area (Å²) in [4.78, 5) is 15.8. The maximum atomic E-state index is 11.5. The van der Waals surface area contributed by atoms with Gasteiger partial charge in [-0.25, -0.2) is 4.98 Å².